The molecular weight excluding hydrogens is 228 g/mol. The molecule has 0 saturated heterocycles. The van der Waals surface area contributed by atoms with Crippen LogP contribution in [0.2, 0.25) is 0 Å². The van der Waals surface area contributed by atoms with Gasteiger partial charge in [-0.2, -0.15) is 0 Å². The first kappa shape index (κ1) is 13.1. The van der Waals surface area contributed by atoms with Gasteiger partial charge in [0.15, 0.2) is 0 Å². The first-order chi connectivity index (χ1) is 8.56. The van der Waals surface area contributed by atoms with Crippen LogP contribution in [0.4, 0.5) is 11.6 Å². The lowest BCUT2D eigenvalue weighted by Gasteiger charge is -2.26. The molecule has 1 aromatic rings. The number of aromatic nitrogens is 2. The summed E-state index contributed by atoms with van der Waals surface area (Å²) in [7, 11) is 0. The molecule has 1 saturated carbocycles. The summed E-state index contributed by atoms with van der Waals surface area (Å²) in [5.41, 5.74) is 6.74. The van der Waals surface area contributed by atoms with Crippen molar-refractivity contribution in [2.24, 2.45) is 5.92 Å². The molecule has 0 radical (unpaired) electrons. The largest absolute Gasteiger partial charge is 0.393 e. The van der Waals surface area contributed by atoms with Gasteiger partial charge in [0, 0.05) is 12.1 Å². The molecule has 0 bridgehead atoms. The number of nitrogen functional groups attached to an aromatic ring is 1. The Morgan fingerprint density at radius 1 is 1.22 bits per heavy atom. The van der Waals surface area contributed by atoms with Crippen LogP contribution in [0.3, 0.4) is 0 Å². The van der Waals surface area contributed by atoms with E-state index in [2.05, 4.69) is 15.3 Å². The number of nitrogens with zero attached hydrogens (tertiary/aromatic N) is 2. The highest BCUT2D eigenvalue weighted by Gasteiger charge is 2.19. The highest BCUT2D eigenvalue weighted by molar-refractivity contribution is 5.54. The molecule has 0 aromatic carbocycles. The molecule has 1 heterocycles. The second-order valence-corrected chi connectivity index (χ2v) is 5.19. The Labute approximate surface area is 108 Å². The van der Waals surface area contributed by atoms with E-state index in [0.29, 0.717) is 17.6 Å². The van der Waals surface area contributed by atoms with Gasteiger partial charge in [0.25, 0.3) is 0 Å². The van der Waals surface area contributed by atoms with Gasteiger partial charge < -0.3 is 16.2 Å². The van der Waals surface area contributed by atoms with Gasteiger partial charge in [0.05, 0.1) is 6.10 Å². The Morgan fingerprint density at radius 3 is 2.56 bits per heavy atom. The van der Waals surface area contributed by atoms with Crippen molar-refractivity contribution in [2.45, 2.75) is 45.6 Å². The molecule has 4 N–H and O–H groups in total. The third-order valence-electron chi connectivity index (χ3n) is 3.67. The molecule has 2 rings (SSSR count). The minimum absolute atomic E-state index is 0.0973. The predicted molar refractivity (Wildman–Crippen MR) is 72.4 cm³/mol. The van der Waals surface area contributed by atoms with E-state index < -0.39 is 0 Å². The fourth-order valence-corrected chi connectivity index (χ4v) is 2.41. The van der Waals surface area contributed by atoms with Crippen LogP contribution in [0, 0.1) is 19.8 Å². The van der Waals surface area contributed by atoms with Crippen molar-refractivity contribution >= 4 is 11.6 Å². The molecular formula is C13H22N4O. The number of rotatable bonds is 3. The van der Waals surface area contributed by atoms with Crippen LogP contribution in [-0.2, 0) is 0 Å². The van der Waals surface area contributed by atoms with Crippen molar-refractivity contribution in [3.63, 3.8) is 0 Å². The lowest BCUT2D eigenvalue weighted by Crippen LogP contribution is -2.24. The quantitative estimate of drug-likeness (QED) is 0.759. The van der Waals surface area contributed by atoms with Crippen LogP contribution in [0.5, 0.6) is 0 Å². The summed E-state index contributed by atoms with van der Waals surface area (Å²) in [6.07, 6.45) is 3.88. The average Bonchev–Trinajstić information content (AvgIpc) is 2.34. The molecule has 100 valence electrons. The standard InChI is InChI=1S/C13H22N4O/c1-8-12(14)16-9(2)17-13(8)15-7-10-3-5-11(18)6-4-10/h10-11,18H,3-7H2,1-2H3,(H3,14,15,16,17). The maximum absolute atomic E-state index is 9.47. The Balaban J connectivity index is 1.94. The maximum atomic E-state index is 9.47. The molecule has 0 amide bonds. The predicted octanol–water partition coefficient (Wildman–Crippen LogP) is 1.64. The maximum Gasteiger partial charge on any atom is 0.134 e. The van der Waals surface area contributed by atoms with Gasteiger partial charge in [-0.1, -0.05) is 0 Å². The molecule has 5 heteroatoms. The number of anilines is 2. The van der Waals surface area contributed by atoms with Crippen LogP contribution >= 0.6 is 0 Å². The molecule has 18 heavy (non-hydrogen) atoms. The van der Waals surface area contributed by atoms with E-state index in [-0.39, 0.29) is 6.10 Å². The SMILES string of the molecule is Cc1nc(N)c(C)c(NCC2CCC(O)CC2)n1. The summed E-state index contributed by atoms with van der Waals surface area (Å²) in [5.74, 6) is 2.69. The van der Waals surface area contributed by atoms with Crippen molar-refractivity contribution in [2.75, 3.05) is 17.6 Å². The molecule has 0 spiro atoms. The smallest absolute Gasteiger partial charge is 0.134 e. The summed E-state index contributed by atoms with van der Waals surface area (Å²) < 4.78 is 0. The Kier molecular flexibility index (Phi) is 4.01. The van der Waals surface area contributed by atoms with E-state index in [1.807, 2.05) is 13.8 Å². The number of nitrogens with two attached hydrogens (primary N) is 1. The Hall–Kier alpha value is -1.36. The zero-order valence-corrected chi connectivity index (χ0v) is 11.1. The molecule has 0 atom stereocenters. The number of aliphatic hydroxyl groups is 1. The lowest BCUT2D eigenvalue weighted by atomic mass is 9.87. The molecule has 1 aliphatic rings. The summed E-state index contributed by atoms with van der Waals surface area (Å²) in [4.78, 5) is 8.51. The number of hydrogen-bond acceptors (Lipinski definition) is 5. The van der Waals surface area contributed by atoms with Crippen molar-refractivity contribution in [3.05, 3.63) is 11.4 Å². The monoisotopic (exact) mass is 250 g/mol. The number of hydrogen-bond donors (Lipinski definition) is 3. The second kappa shape index (κ2) is 5.52. The molecule has 0 aliphatic heterocycles. The van der Waals surface area contributed by atoms with Gasteiger partial charge in [0.1, 0.15) is 17.5 Å². The van der Waals surface area contributed by atoms with Gasteiger partial charge >= 0.3 is 0 Å². The number of aliphatic hydroxyl groups excluding tert-OH is 1. The van der Waals surface area contributed by atoms with Crippen LogP contribution in [-0.4, -0.2) is 27.7 Å². The minimum atomic E-state index is -0.0973. The van der Waals surface area contributed by atoms with Crippen molar-refractivity contribution in [3.8, 4) is 0 Å². The van der Waals surface area contributed by atoms with E-state index in [4.69, 9.17) is 5.73 Å². The summed E-state index contributed by atoms with van der Waals surface area (Å²) in [5, 5.41) is 12.8. The lowest BCUT2D eigenvalue weighted by molar-refractivity contribution is 0.111. The highest BCUT2D eigenvalue weighted by Crippen LogP contribution is 2.25. The number of nitrogens with one attached hydrogen (secondary N) is 1. The third kappa shape index (κ3) is 3.10. The van der Waals surface area contributed by atoms with Gasteiger partial charge in [-0.15, -0.1) is 0 Å². The fraction of sp³-hybridized carbons (Fsp3) is 0.692. The van der Waals surface area contributed by atoms with Crippen molar-refractivity contribution in [1.29, 1.82) is 0 Å². The minimum Gasteiger partial charge on any atom is -0.393 e. The Bertz CT molecular complexity index is 414. The molecule has 1 aromatic heterocycles. The van der Waals surface area contributed by atoms with Gasteiger partial charge in [-0.05, 0) is 45.4 Å². The van der Waals surface area contributed by atoms with E-state index in [9.17, 15) is 5.11 Å². The van der Waals surface area contributed by atoms with Crippen molar-refractivity contribution in [1.82, 2.24) is 9.97 Å². The average molecular weight is 250 g/mol. The zero-order valence-electron chi connectivity index (χ0n) is 11.1. The summed E-state index contributed by atoms with van der Waals surface area (Å²) in [6.45, 7) is 4.67. The fourth-order valence-electron chi connectivity index (χ4n) is 2.41. The third-order valence-corrected chi connectivity index (χ3v) is 3.67. The molecule has 5 nitrogen and oxygen atoms in total. The first-order valence-corrected chi connectivity index (χ1v) is 6.59. The number of aryl methyl sites for hydroxylation is 1. The molecule has 1 fully saturated rings. The molecule has 0 unspecified atom stereocenters. The van der Waals surface area contributed by atoms with Gasteiger partial charge in [-0.25, -0.2) is 9.97 Å². The van der Waals surface area contributed by atoms with Crippen molar-refractivity contribution < 1.29 is 5.11 Å². The zero-order chi connectivity index (χ0) is 13.1. The van der Waals surface area contributed by atoms with Crippen LogP contribution in [0.25, 0.3) is 0 Å². The van der Waals surface area contributed by atoms with Crippen LogP contribution in [0.15, 0.2) is 0 Å². The van der Waals surface area contributed by atoms with Gasteiger partial charge in [-0.3, -0.25) is 0 Å². The second-order valence-electron chi connectivity index (χ2n) is 5.19. The first-order valence-electron chi connectivity index (χ1n) is 6.59. The Morgan fingerprint density at radius 2 is 1.89 bits per heavy atom. The van der Waals surface area contributed by atoms with E-state index in [1.165, 1.54) is 0 Å². The normalized spacial score (nSPS) is 23.9. The van der Waals surface area contributed by atoms with Gasteiger partial charge in [0.2, 0.25) is 0 Å². The van der Waals surface area contributed by atoms with E-state index in [0.717, 1.165) is 43.6 Å². The van der Waals surface area contributed by atoms with Crippen LogP contribution < -0.4 is 11.1 Å². The topological polar surface area (TPSA) is 84.1 Å². The van der Waals surface area contributed by atoms with E-state index >= 15 is 0 Å². The van der Waals surface area contributed by atoms with Crippen LogP contribution in [0.1, 0.15) is 37.1 Å². The highest BCUT2D eigenvalue weighted by atomic mass is 16.3. The summed E-state index contributed by atoms with van der Waals surface area (Å²) in [6, 6.07) is 0. The molecule has 1 aliphatic carbocycles. The van der Waals surface area contributed by atoms with E-state index in [1.54, 1.807) is 0 Å². The summed E-state index contributed by atoms with van der Waals surface area (Å²) >= 11 is 0.